The van der Waals surface area contributed by atoms with Crippen LogP contribution in [0.1, 0.15) is 25.3 Å². The first kappa shape index (κ1) is 15.2. The Labute approximate surface area is 136 Å². The number of nitrogens with zero attached hydrogens (tertiary/aromatic N) is 1. The smallest absolute Gasteiger partial charge is 0.231 e. The fraction of sp³-hybridized carbons (Fsp3) is 0.316. The Morgan fingerprint density at radius 3 is 2.70 bits per heavy atom. The van der Waals surface area contributed by atoms with Gasteiger partial charge in [-0.3, -0.25) is 0 Å². The van der Waals surface area contributed by atoms with E-state index in [4.69, 9.17) is 14.2 Å². The van der Waals surface area contributed by atoms with Crippen LogP contribution in [0, 0.1) is 11.3 Å². The van der Waals surface area contributed by atoms with E-state index >= 15 is 0 Å². The maximum Gasteiger partial charge on any atom is 0.231 e. The second kappa shape index (κ2) is 6.62. The van der Waals surface area contributed by atoms with Gasteiger partial charge in [-0.15, -0.1) is 0 Å². The number of hydrogen-bond donors (Lipinski definition) is 0. The maximum atomic E-state index is 9.54. The second-order valence-corrected chi connectivity index (χ2v) is 5.78. The topological polar surface area (TPSA) is 51.5 Å². The van der Waals surface area contributed by atoms with Gasteiger partial charge in [0.2, 0.25) is 6.79 Å². The van der Waals surface area contributed by atoms with E-state index in [1.165, 1.54) is 0 Å². The Morgan fingerprint density at radius 2 is 1.91 bits per heavy atom. The van der Waals surface area contributed by atoms with Crippen molar-refractivity contribution in [2.45, 2.75) is 25.2 Å². The Balaban J connectivity index is 1.54. The fourth-order valence-electron chi connectivity index (χ4n) is 2.65. The molecule has 1 aliphatic heterocycles. The molecule has 0 amide bonds. The molecule has 0 aliphatic carbocycles. The molecule has 118 valence electrons. The predicted octanol–water partition coefficient (Wildman–Crippen LogP) is 4.06. The van der Waals surface area contributed by atoms with Crippen molar-refractivity contribution in [1.29, 1.82) is 5.26 Å². The highest BCUT2D eigenvalue weighted by molar-refractivity contribution is 5.46. The molecule has 2 aromatic carbocycles. The summed E-state index contributed by atoms with van der Waals surface area (Å²) >= 11 is 0. The lowest BCUT2D eigenvalue weighted by molar-refractivity contribution is 0.173. The van der Waals surface area contributed by atoms with Crippen molar-refractivity contribution in [3.8, 4) is 23.3 Å². The monoisotopic (exact) mass is 309 g/mol. The van der Waals surface area contributed by atoms with Crippen molar-refractivity contribution in [2.75, 3.05) is 13.4 Å². The van der Waals surface area contributed by atoms with Crippen LogP contribution >= 0.6 is 0 Å². The maximum absolute atomic E-state index is 9.54. The number of ether oxygens (including phenoxy) is 3. The molecule has 4 nitrogen and oxygen atoms in total. The summed E-state index contributed by atoms with van der Waals surface area (Å²) in [5.41, 5.74) is 0.560. The Bertz CT molecular complexity index is 708. The van der Waals surface area contributed by atoms with E-state index in [9.17, 15) is 5.26 Å². The number of rotatable bonds is 6. The molecule has 2 aromatic rings. The lowest BCUT2D eigenvalue weighted by Crippen LogP contribution is -2.20. The summed E-state index contributed by atoms with van der Waals surface area (Å²) in [5, 5.41) is 9.54. The van der Waals surface area contributed by atoms with Gasteiger partial charge in [-0.2, -0.15) is 5.26 Å². The van der Waals surface area contributed by atoms with E-state index in [1.807, 2.05) is 55.5 Å². The average Bonchev–Trinajstić information content (AvgIpc) is 3.07. The summed E-state index contributed by atoms with van der Waals surface area (Å²) in [5.74, 6) is 2.22. The van der Waals surface area contributed by atoms with Crippen LogP contribution in [0.2, 0.25) is 0 Å². The zero-order valence-electron chi connectivity index (χ0n) is 13.1. The number of fused-ring (bicyclic) bond motifs is 1. The lowest BCUT2D eigenvalue weighted by atomic mass is 9.80. The first-order valence-corrected chi connectivity index (χ1v) is 7.70. The fourth-order valence-corrected chi connectivity index (χ4v) is 2.65. The predicted molar refractivity (Wildman–Crippen MR) is 86.7 cm³/mol. The standard InChI is InChI=1S/C19H19NO3/c1-19(13-20,15-6-3-2-4-7-15)10-5-11-21-16-8-9-17-18(12-16)23-14-22-17/h2-4,6-9,12H,5,10-11,14H2,1H3. The third-order valence-corrected chi connectivity index (χ3v) is 4.09. The molecule has 0 radical (unpaired) electrons. The minimum atomic E-state index is -0.487. The summed E-state index contributed by atoms with van der Waals surface area (Å²) in [7, 11) is 0. The van der Waals surface area contributed by atoms with Gasteiger partial charge in [0.25, 0.3) is 0 Å². The quantitative estimate of drug-likeness (QED) is 0.755. The minimum absolute atomic E-state index is 0.260. The summed E-state index contributed by atoms with van der Waals surface area (Å²) in [4.78, 5) is 0. The van der Waals surface area contributed by atoms with Crippen LogP contribution in [0.3, 0.4) is 0 Å². The van der Waals surface area contributed by atoms with Gasteiger partial charge < -0.3 is 14.2 Å². The molecule has 23 heavy (non-hydrogen) atoms. The molecule has 1 aliphatic rings. The molecule has 0 spiro atoms. The van der Waals surface area contributed by atoms with E-state index in [0.29, 0.717) is 12.4 Å². The summed E-state index contributed by atoms with van der Waals surface area (Å²) < 4.78 is 16.4. The first-order chi connectivity index (χ1) is 11.2. The van der Waals surface area contributed by atoms with Crippen molar-refractivity contribution >= 4 is 0 Å². The van der Waals surface area contributed by atoms with E-state index in [0.717, 1.165) is 29.9 Å². The molecular weight excluding hydrogens is 290 g/mol. The normalized spacial score (nSPS) is 14.8. The SMILES string of the molecule is CC(C#N)(CCCOc1ccc2c(c1)OCO2)c1ccccc1. The molecule has 4 heteroatoms. The Hall–Kier alpha value is -2.67. The zero-order chi connectivity index (χ0) is 16.1. The van der Waals surface area contributed by atoms with Crippen LogP contribution in [-0.4, -0.2) is 13.4 Å². The summed E-state index contributed by atoms with van der Waals surface area (Å²) in [6.07, 6.45) is 1.55. The van der Waals surface area contributed by atoms with E-state index in [2.05, 4.69) is 6.07 Å². The van der Waals surface area contributed by atoms with Crippen molar-refractivity contribution in [3.05, 3.63) is 54.1 Å². The van der Waals surface area contributed by atoms with Crippen LogP contribution < -0.4 is 14.2 Å². The van der Waals surface area contributed by atoms with Crippen LogP contribution in [0.25, 0.3) is 0 Å². The third kappa shape index (κ3) is 3.40. The summed E-state index contributed by atoms with van der Waals surface area (Å²) in [6, 6.07) is 17.9. The third-order valence-electron chi connectivity index (χ3n) is 4.09. The molecule has 0 saturated heterocycles. The number of hydrogen-bond acceptors (Lipinski definition) is 4. The molecule has 0 fully saturated rings. The number of nitriles is 1. The van der Waals surface area contributed by atoms with Gasteiger partial charge in [0.05, 0.1) is 18.1 Å². The van der Waals surface area contributed by atoms with Gasteiger partial charge in [0, 0.05) is 6.07 Å². The second-order valence-electron chi connectivity index (χ2n) is 5.78. The average molecular weight is 309 g/mol. The molecular formula is C19H19NO3. The molecule has 1 atom stereocenters. The molecule has 3 rings (SSSR count). The van der Waals surface area contributed by atoms with E-state index in [-0.39, 0.29) is 6.79 Å². The Morgan fingerprint density at radius 1 is 1.13 bits per heavy atom. The van der Waals surface area contributed by atoms with Gasteiger partial charge in [0.1, 0.15) is 5.75 Å². The highest BCUT2D eigenvalue weighted by Crippen LogP contribution is 2.35. The molecule has 0 aromatic heterocycles. The van der Waals surface area contributed by atoms with Gasteiger partial charge in [-0.1, -0.05) is 30.3 Å². The van der Waals surface area contributed by atoms with E-state index < -0.39 is 5.41 Å². The number of benzene rings is 2. The van der Waals surface area contributed by atoms with Gasteiger partial charge in [0.15, 0.2) is 11.5 Å². The van der Waals surface area contributed by atoms with E-state index in [1.54, 1.807) is 0 Å². The van der Waals surface area contributed by atoms with Crippen molar-refractivity contribution in [3.63, 3.8) is 0 Å². The summed E-state index contributed by atoms with van der Waals surface area (Å²) in [6.45, 7) is 2.79. The molecule has 0 saturated carbocycles. The molecule has 0 N–H and O–H groups in total. The molecule has 1 unspecified atom stereocenters. The van der Waals surface area contributed by atoms with Crippen LogP contribution in [0.15, 0.2) is 48.5 Å². The highest BCUT2D eigenvalue weighted by atomic mass is 16.7. The minimum Gasteiger partial charge on any atom is -0.493 e. The van der Waals surface area contributed by atoms with Gasteiger partial charge >= 0.3 is 0 Å². The Kier molecular flexibility index (Phi) is 4.38. The molecule has 0 bridgehead atoms. The van der Waals surface area contributed by atoms with Gasteiger partial charge in [-0.05, 0) is 37.5 Å². The van der Waals surface area contributed by atoms with Crippen LogP contribution in [0.4, 0.5) is 0 Å². The molecule has 1 heterocycles. The van der Waals surface area contributed by atoms with Gasteiger partial charge in [-0.25, -0.2) is 0 Å². The largest absolute Gasteiger partial charge is 0.493 e. The van der Waals surface area contributed by atoms with Crippen LogP contribution in [0.5, 0.6) is 17.2 Å². The van der Waals surface area contributed by atoms with Crippen molar-refractivity contribution in [2.24, 2.45) is 0 Å². The van der Waals surface area contributed by atoms with Crippen LogP contribution in [-0.2, 0) is 5.41 Å². The lowest BCUT2D eigenvalue weighted by Gasteiger charge is -2.22. The van der Waals surface area contributed by atoms with Crippen molar-refractivity contribution in [1.82, 2.24) is 0 Å². The highest BCUT2D eigenvalue weighted by Gasteiger charge is 2.25. The zero-order valence-corrected chi connectivity index (χ0v) is 13.1. The van der Waals surface area contributed by atoms with Crippen molar-refractivity contribution < 1.29 is 14.2 Å². The first-order valence-electron chi connectivity index (χ1n) is 7.70.